The van der Waals surface area contributed by atoms with Crippen LogP contribution in [-0.4, -0.2) is 110 Å². The second kappa shape index (κ2) is 21.8. The molecule has 15 heteroatoms. The van der Waals surface area contributed by atoms with Gasteiger partial charge in [-0.15, -0.1) is 10.2 Å². The molecule has 70 heavy (non-hydrogen) atoms. The van der Waals surface area contributed by atoms with Crippen molar-refractivity contribution in [2.45, 2.75) is 156 Å². The number of likely N-dealkylation sites (N-methyl/N-ethyl adjacent to an activating group) is 1. The second-order valence-electron chi connectivity index (χ2n) is 22.4. The summed E-state index contributed by atoms with van der Waals surface area (Å²) in [6.45, 7) is 14.7. The third kappa shape index (κ3) is 12.0. The van der Waals surface area contributed by atoms with Gasteiger partial charge in [-0.1, -0.05) is 89.2 Å². The minimum absolute atomic E-state index is 0.0383. The van der Waals surface area contributed by atoms with E-state index in [0.29, 0.717) is 48.9 Å². The summed E-state index contributed by atoms with van der Waals surface area (Å²) >= 11 is 1.55. The number of thiazole rings is 1. The number of aromatic nitrogens is 6. The van der Waals surface area contributed by atoms with Crippen LogP contribution in [0.25, 0.3) is 21.3 Å². The number of ether oxygens (including phenoxy) is 1. The number of carboxylic acid groups (broad SMARTS) is 1. The van der Waals surface area contributed by atoms with Crippen LogP contribution >= 0.6 is 11.3 Å². The number of fused-ring (bicyclic) bond motifs is 1. The first-order chi connectivity index (χ1) is 33.5. The van der Waals surface area contributed by atoms with Crippen molar-refractivity contribution in [2.24, 2.45) is 16.2 Å². The van der Waals surface area contributed by atoms with Gasteiger partial charge in [0.25, 0.3) is 0 Å². The van der Waals surface area contributed by atoms with Gasteiger partial charge in [0.1, 0.15) is 5.82 Å². The number of benzene rings is 1. The molecule has 2 N–H and O–H groups in total. The van der Waals surface area contributed by atoms with E-state index in [0.717, 1.165) is 103 Å². The van der Waals surface area contributed by atoms with E-state index in [4.69, 9.17) is 24.9 Å². The number of nitrogens with one attached hydrogen (secondary N) is 1. The Labute approximate surface area is 420 Å². The van der Waals surface area contributed by atoms with Crippen LogP contribution in [0, 0.1) is 30.1 Å². The molecule has 14 nitrogen and oxygen atoms in total. The molecule has 4 aliphatic carbocycles. The summed E-state index contributed by atoms with van der Waals surface area (Å²) < 4.78 is 10.1. The highest BCUT2D eigenvalue weighted by Gasteiger charge is 2.66. The quantitative estimate of drug-likeness (QED) is 0.0507. The maximum absolute atomic E-state index is 13.3. The summed E-state index contributed by atoms with van der Waals surface area (Å²) in [4.78, 5) is 41.9. The van der Waals surface area contributed by atoms with Gasteiger partial charge >= 0.3 is 5.97 Å². The maximum atomic E-state index is 13.3. The van der Waals surface area contributed by atoms with Gasteiger partial charge in [0.05, 0.1) is 28.6 Å². The molecule has 4 bridgehead atoms. The summed E-state index contributed by atoms with van der Waals surface area (Å²) in [5, 5.41) is 29.2. The van der Waals surface area contributed by atoms with Gasteiger partial charge in [0, 0.05) is 56.5 Å². The number of para-hydroxylation sites is 1. The Morgan fingerprint density at radius 1 is 0.800 bits per heavy atom. The lowest BCUT2D eigenvalue weighted by Gasteiger charge is -2.69. The Hall–Kier alpha value is -4.99. The number of rotatable bonds is 26. The highest BCUT2D eigenvalue weighted by atomic mass is 32.1. The van der Waals surface area contributed by atoms with Gasteiger partial charge < -0.3 is 29.9 Å². The van der Waals surface area contributed by atoms with Crippen molar-refractivity contribution in [1.82, 2.24) is 39.7 Å². The number of carbonyl (C=O) groups is 2. The van der Waals surface area contributed by atoms with Crippen molar-refractivity contribution in [3.8, 4) is 11.1 Å². The van der Waals surface area contributed by atoms with Gasteiger partial charge in [-0.3, -0.25) is 9.48 Å². The molecule has 2 unspecified atom stereocenters. The Morgan fingerprint density at radius 2 is 1.51 bits per heavy atom. The van der Waals surface area contributed by atoms with Crippen molar-refractivity contribution < 1.29 is 19.4 Å². The zero-order valence-corrected chi connectivity index (χ0v) is 44.1. The van der Waals surface area contributed by atoms with Gasteiger partial charge in [-0.2, -0.15) is 5.10 Å². The highest BCUT2D eigenvalue weighted by molar-refractivity contribution is 7.22. The molecule has 2 atom stereocenters. The van der Waals surface area contributed by atoms with Crippen LogP contribution in [0.5, 0.6) is 0 Å². The van der Waals surface area contributed by atoms with E-state index >= 15 is 0 Å². The number of pyridine rings is 1. The van der Waals surface area contributed by atoms with Crippen LogP contribution in [-0.2, 0) is 16.1 Å². The molecule has 5 aromatic rings. The SMILES string of the molecule is CCCCCCCCCCC(=O)N(C)CCCCN(c1cc(C)c(Nc2nc3ccccc3s2)nn1)c1ccc(-c2cnn(CC34CC5(C)CC(C)(C3)CC(OCCN(C)C)(C5)C4)c2C)c(C(=O)O)n1. The van der Waals surface area contributed by atoms with Crippen molar-refractivity contribution >= 4 is 56.0 Å². The topological polar surface area (TPSA) is 155 Å². The lowest BCUT2D eigenvalue weighted by Crippen LogP contribution is -2.64. The van der Waals surface area contributed by atoms with E-state index in [1.54, 1.807) is 11.3 Å². The molecule has 9 rings (SSSR count). The Morgan fingerprint density at radius 3 is 2.21 bits per heavy atom. The third-order valence-electron chi connectivity index (χ3n) is 15.4. The van der Waals surface area contributed by atoms with Crippen LogP contribution in [0.3, 0.4) is 0 Å². The average molecular weight is 975 g/mol. The van der Waals surface area contributed by atoms with Crippen LogP contribution in [0.2, 0.25) is 0 Å². The predicted octanol–water partition coefficient (Wildman–Crippen LogP) is 12.0. The van der Waals surface area contributed by atoms with E-state index in [9.17, 15) is 14.7 Å². The zero-order chi connectivity index (χ0) is 49.7. The molecular weight excluding hydrogens is 897 g/mol. The normalized spacial score (nSPS) is 22.6. The van der Waals surface area contributed by atoms with E-state index in [1.807, 2.05) is 72.4 Å². The molecule has 0 radical (unpaired) electrons. The summed E-state index contributed by atoms with van der Waals surface area (Å²) in [6, 6.07) is 13.7. The molecule has 1 amide bonds. The van der Waals surface area contributed by atoms with Crippen LogP contribution in [0.1, 0.15) is 152 Å². The summed E-state index contributed by atoms with van der Waals surface area (Å²) in [5.41, 5.74) is 4.29. The van der Waals surface area contributed by atoms with Crippen molar-refractivity contribution in [3.05, 3.63) is 65.6 Å². The number of carboxylic acids is 1. The van der Waals surface area contributed by atoms with E-state index in [-0.39, 0.29) is 33.4 Å². The van der Waals surface area contributed by atoms with Gasteiger partial charge in [0.15, 0.2) is 22.5 Å². The Kier molecular flexibility index (Phi) is 16.0. The van der Waals surface area contributed by atoms with E-state index in [1.165, 1.54) is 44.9 Å². The number of anilines is 4. The Balaban J connectivity index is 1.00. The number of hydrogen-bond donors (Lipinski definition) is 2. The fraction of sp³-hybridized carbons (Fsp3) is 0.618. The minimum Gasteiger partial charge on any atom is -0.476 e. The van der Waals surface area contributed by atoms with Gasteiger partial charge in [-0.05, 0) is 138 Å². The zero-order valence-electron chi connectivity index (χ0n) is 43.3. The summed E-state index contributed by atoms with van der Waals surface area (Å²) in [7, 11) is 6.09. The van der Waals surface area contributed by atoms with Crippen molar-refractivity contribution in [3.63, 3.8) is 0 Å². The van der Waals surface area contributed by atoms with Crippen LogP contribution in [0.4, 0.5) is 22.6 Å². The molecule has 378 valence electrons. The summed E-state index contributed by atoms with van der Waals surface area (Å²) in [5.74, 6) is 0.661. The highest BCUT2D eigenvalue weighted by Crippen LogP contribution is 2.72. The lowest BCUT2D eigenvalue weighted by molar-refractivity contribution is -0.248. The van der Waals surface area contributed by atoms with E-state index < -0.39 is 5.97 Å². The monoisotopic (exact) mass is 975 g/mol. The first kappa shape index (κ1) is 51.4. The predicted molar refractivity (Wildman–Crippen MR) is 282 cm³/mol. The van der Waals surface area contributed by atoms with Gasteiger partial charge in [0.2, 0.25) is 5.91 Å². The largest absolute Gasteiger partial charge is 0.476 e. The summed E-state index contributed by atoms with van der Waals surface area (Å²) in [6.07, 6.45) is 20.2. The Bertz CT molecular complexity index is 2560. The number of carbonyl (C=O) groups excluding carboxylic acids is 1. The molecule has 1 aromatic carbocycles. The molecule has 4 saturated carbocycles. The van der Waals surface area contributed by atoms with Crippen LogP contribution < -0.4 is 10.2 Å². The fourth-order valence-electron chi connectivity index (χ4n) is 13.2. The van der Waals surface area contributed by atoms with Crippen molar-refractivity contribution in [2.75, 3.05) is 57.6 Å². The van der Waals surface area contributed by atoms with Crippen LogP contribution in [0.15, 0.2) is 48.7 Å². The standard InChI is InChI=1S/C55H78N10O4S/c1-9-10-11-12-13-14-15-16-23-47(66)63(8)26-19-20-27-64(46-30-39(2)49(61-60-46)59-51-57-43-21-17-18-22-44(43)70-51)45-25-24-41(48(58-45)50(67)68)42-31-56-65(40(42)3)38-54-33-52(4)32-53(5,34-54)36-55(35-52,37-54)69-29-28-62(6)7/h17-18,21-22,24-25,30-31H,9-16,19-20,23,26-29,32-38H2,1-8H3,(H,67,68)(H,57,59,61). The molecule has 4 aliphatic rings. The molecule has 4 heterocycles. The third-order valence-corrected chi connectivity index (χ3v) is 16.4. The molecule has 0 spiro atoms. The molecule has 4 aromatic heterocycles. The molecule has 4 fully saturated rings. The molecular formula is C55H78N10O4S. The number of hydrogen-bond acceptors (Lipinski definition) is 12. The first-order valence-corrected chi connectivity index (χ1v) is 26.9. The van der Waals surface area contributed by atoms with E-state index in [2.05, 4.69) is 61.8 Å². The average Bonchev–Trinajstić information content (AvgIpc) is 3.87. The first-order valence-electron chi connectivity index (χ1n) is 26.0. The number of amides is 1. The number of aryl methyl sites for hydroxylation is 1. The smallest absolute Gasteiger partial charge is 0.355 e. The lowest BCUT2D eigenvalue weighted by atomic mass is 9.39. The maximum Gasteiger partial charge on any atom is 0.355 e. The number of unbranched alkanes of at least 4 members (excludes halogenated alkanes) is 8. The minimum atomic E-state index is -1.11. The van der Waals surface area contributed by atoms with Gasteiger partial charge in [-0.25, -0.2) is 14.8 Å². The van der Waals surface area contributed by atoms with Crippen molar-refractivity contribution in [1.29, 1.82) is 0 Å². The number of nitrogens with zero attached hydrogens (tertiary/aromatic N) is 9. The molecule has 0 aliphatic heterocycles. The number of aromatic carboxylic acids is 1. The molecule has 0 saturated heterocycles. The fourth-order valence-corrected chi connectivity index (χ4v) is 14.1. The second-order valence-corrected chi connectivity index (χ2v) is 23.5.